The number of aryl methyl sites for hydroxylation is 1. The van der Waals surface area contributed by atoms with Crippen molar-refractivity contribution >= 4 is 50.4 Å². The largest absolute Gasteiger partial charge is 0.322 e. The summed E-state index contributed by atoms with van der Waals surface area (Å²) in [4.78, 5) is 29.3. The molecule has 3 aromatic heterocycles. The van der Waals surface area contributed by atoms with E-state index in [-0.39, 0.29) is 16.8 Å². The number of amides is 1. The number of nitrogens with one attached hydrogen (secondary N) is 3. The third-order valence-corrected chi connectivity index (χ3v) is 7.64. The average molecular weight is 533 g/mol. The number of aromatic nitrogens is 6. The predicted octanol–water partition coefficient (Wildman–Crippen LogP) is 3.80. The number of hydrogen-bond acceptors (Lipinski definition) is 9. The molecule has 0 atom stereocenters. The Labute approximate surface area is 216 Å². The molecule has 1 amide bonds. The fourth-order valence-corrected chi connectivity index (χ4v) is 5.27. The van der Waals surface area contributed by atoms with Crippen LogP contribution in [0.1, 0.15) is 21.6 Å². The summed E-state index contributed by atoms with van der Waals surface area (Å²) in [7, 11) is -3.88. The van der Waals surface area contributed by atoms with Crippen molar-refractivity contribution in [2.45, 2.75) is 22.6 Å². The molecule has 0 saturated carbocycles. The summed E-state index contributed by atoms with van der Waals surface area (Å²) < 4.78 is 27.6. The molecule has 0 radical (unpaired) electrons. The highest BCUT2D eigenvalue weighted by molar-refractivity contribution is 7.98. The summed E-state index contributed by atoms with van der Waals surface area (Å²) in [6.45, 7) is 1.74. The van der Waals surface area contributed by atoms with Crippen LogP contribution in [0.3, 0.4) is 0 Å². The lowest BCUT2D eigenvalue weighted by Gasteiger charge is -2.09. The van der Waals surface area contributed by atoms with Crippen molar-refractivity contribution < 1.29 is 13.2 Å². The van der Waals surface area contributed by atoms with Crippen LogP contribution in [0.15, 0.2) is 83.2 Å². The molecular formula is C24H20N8O3S2. The van der Waals surface area contributed by atoms with Crippen LogP contribution in [-0.4, -0.2) is 44.5 Å². The number of H-pyrrole nitrogens is 1. The average Bonchev–Trinajstić information content (AvgIpc) is 3.37. The summed E-state index contributed by atoms with van der Waals surface area (Å²) in [5.74, 6) is 0.278. The molecular weight excluding hydrogens is 512 g/mol. The minimum absolute atomic E-state index is 0.00989. The molecule has 5 aromatic rings. The van der Waals surface area contributed by atoms with Crippen molar-refractivity contribution in [2.75, 3.05) is 10.0 Å². The maximum Gasteiger partial charge on any atom is 0.264 e. The Kier molecular flexibility index (Phi) is 6.79. The molecule has 0 saturated heterocycles. The Hall–Kier alpha value is -4.36. The van der Waals surface area contributed by atoms with Gasteiger partial charge in [0, 0.05) is 28.9 Å². The van der Waals surface area contributed by atoms with E-state index in [4.69, 9.17) is 0 Å². The van der Waals surface area contributed by atoms with E-state index in [1.165, 1.54) is 48.6 Å². The van der Waals surface area contributed by atoms with Gasteiger partial charge in [-0.1, -0.05) is 12.1 Å². The monoisotopic (exact) mass is 532 g/mol. The number of thioether (sulfide) groups is 1. The number of carbonyl (C=O) groups excluding carboxylic acids is 1. The van der Waals surface area contributed by atoms with Gasteiger partial charge in [-0.25, -0.2) is 33.1 Å². The van der Waals surface area contributed by atoms with Gasteiger partial charge in [0.05, 0.1) is 16.5 Å². The summed E-state index contributed by atoms with van der Waals surface area (Å²) >= 11 is 1.52. The number of fused-ring (bicyclic) bond motifs is 1. The first-order chi connectivity index (χ1) is 17.9. The predicted molar refractivity (Wildman–Crippen MR) is 140 cm³/mol. The van der Waals surface area contributed by atoms with Gasteiger partial charge < -0.3 is 5.32 Å². The van der Waals surface area contributed by atoms with Crippen LogP contribution in [0.4, 0.5) is 11.6 Å². The van der Waals surface area contributed by atoms with E-state index in [1.807, 2.05) is 12.1 Å². The van der Waals surface area contributed by atoms with Gasteiger partial charge in [0.15, 0.2) is 5.65 Å². The molecule has 3 N–H and O–H groups in total. The second-order valence-electron chi connectivity index (χ2n) is 7.91. The van der Waals surface area contributed by atoms with Crippen molar-refractivity contribution in [1.82, 2.24) is 30.1 Å². The fourth-order valence-electron chi connectivity index (χ4n) is 3.41. The van der Waals surface area contributed by atoms with Crippen molar-refractivity contribution in [1.29, 1.82) is 0 Å². The van der Waals surface area contributed by atoms with E-state index in [1.54, 1.807) is 31.3 Å². The minimum Gasteiger partial charge on any atom is -0.322 e. The van der Waals surface area contributed by atoms with E-state index in [0.717, 1.165) is 16.0 Å². The van der Waals surface area contributed by atoms with E-state index in [2.05, 4.69) is 40.2 Å². The summed E-state index contributed by atoms with van der Waals surface area (Å²) in [5, 5.41) is 11.3. The zero-order valence-electron chi connectivity index (χ0n) is 19.4. The lowest BCUT2D eigenvalue weighted by atomic mass is 10.1. The van der Waals surface area contributed by atoms with E-state index >= 15 is 0 Å². The van der Waals surface area contributed by atoms with Crippen LogP contribution in [0.5, 0.6) is 0 Å². The van der Waals surface area contributed by atoms with Crippen LogP contribution in [0, 0.1) is 6.92 Å². The Bertz CT molecular complexity index is 1690. The van der Waals surface area contributed by atoms with Crippen LogP contribution in [-0.2, 0) is 15.8 Å². The topological polar surface area (TPSA) is 156 Å². The van der Waals surface area contributed by atoms with Gasteiger partial charge in [-0.2, -0.15) is 5.10 Å². The number of nitrogens with zero attached hydrogens (tertiary/aromatic N) is 5. The van der Waals surface area contributed by atoms with Gasteiger partial charge in [-0.3, -0.25) is 9.89 Å². The highest BCUT2D eigenvalue weighted by Gasteiger charge is 2.16. The molecule has 2 aromatic carbocycles. The summed E-state index contributed by atoms with van der Waals surface area (Å²) in [5.41, 5.74) is 3.18. The molecule has 0 aliphatic rings. The maximum atomic E-state index is 12.8. The Morgan fingerprint density at radius 2 is 1.89 bits per heavy atom. The lowest BCUT2D eigenvalue weighted by Crippen LogP contribution is -2.16. The Morgan fingerprint density at radius 3 is 2.70 bits per heavy atom. The van der Waals surface area contributed by atoms with Crippen molar-refractivity contribution in [3.63, 3.8) is 0 Å². The van der Waals surface area contributed by atoms with Crippen molar-refractivity contribution in [2.24, 2.45) is 0 Å². The summed E-state index contributed by atoms with van der Waals surface area (Å²) in [6, 6.07) is 14.8. The highest BCUT2D eigenvalue weighted by Crippen LogP contribution is 2.26. The first-order valence-corrected chi connectivity index (χ1v) is 13.4. The number of aromatic amines is 1. The molecule has 0 aliphatic carbocycles. The molecule has 11 nitrogen and oxygen atoms in total. The molecule has 37 heavy (non-hydrogen) atoms. The smallest absolute Gasteiger partial charge is 0.264 e. The van der Waals surface area contributed by atoms with E-state index in [9.17, 15) is 13.2 Å². The van der Waals surface area contributed by atoms with Crippen LogP contribution in [0.25, 0.3) is 11.0 Å². The SMILES string of the molecule is Cc1ccnc(NS(=O)(=O)c2ccc(NC(=O)c3cccc(CSc4ncnc5[nH]ncc45)c3)cc2)n1. The van der Waals surface area contributed by atoms with E-state index in [0.29, 0.717) is 28.3 Å². The number of sulfonamides is 1. The van der Waals surface area contributed by atoms with Gasteiger partial charge in [-0.05, 0) is 55.0 Å². The minimum atomic E-state index is -3.88. The van der Waals surface area contributed by atoms with Gasteiger partial charge >= 0.3 is 0 Å². The molecule has 0 aliphatic heterocycles. The molecule has 0 unspecified atom stereocenters. The zero-order chi connectivity index (χ0) is 25.8. The second kappa shape index (κ2) is 10.3. The molecule has 5 rings (SSSR count). The molecule has 0 fully saturated rings. The normalized spacial score (nSPS) is 11.4. The number of carbonyl (C=O) groups is 1. The van der Waals surface area contributed by atoms with Gasteiger partial charge in [0.2, 0.25) is 5.95 Å². The van der Waals surface area contributed by atoms with Crippen LogP contribution in [0.2, 0.25) is 0 Å². The van der Waals surface area contributed by atoms with Crippen molar-refractivity contribution in [3.05, 3.63) is 90.1 Å². The highest BCUT2D eigenvalue weighted by atomic mass is 32.2. The standard InChI is InChI=1S/C24H20N8O3S2/c1-15-9-10-25-24(29-15)32-37(34,35)19-7-5-18(6-8-19)30-22(33)17-4-2-3-16(11-17)13-36-23-20-12-28-31-21(20)26-14-27-23/h2-12,14H,13H2,1H3,(H,30,33)(H,25,29,32)(H,26,27,28,31). The number of anilines is 2. The second-order valence-corrected chi connectivity index (χ2v) is 10.6. The van der Waals surface area contributed by atoms with Crippen LogP contribution < -0.4 is 10.0 Å². The Balaban J connectivity index is 1.23. The van der Waals surface area contributed by atoms with E-state index < -0.39 is 10.0 Å². The Morgan fingerprint density at radius 1 is 1.05 bits per heavy atom. The fraction of sp³-hybridized carbons (Fsp3) is 0.0833. The quantitative estimate of drug-likeness (QED) is 0.200. The third kappa shape index (κ3) is 5.73. The van der Waals surface area contributed by atoms with Gasteiger partial charge in [0.25, 0.3) is 15.9 Å². The first kappa shape index (κ1) is 24.3. The molecule has 186 valence electrons. The number of rotatable bonds is 8. The molecule has 0 spiro atoms. The number of hydrogen-bond donors (Lipinski definition) is 3. The first-order valence-electron chi connectivity index (χ1n) is 11.0. The van der Waals surface area contributed by atoms with Gasteiger partial charge in [-0.15, -0.1) is 11.8 Å². The third-order valence-electron chi connectivity index (χ3n) is 5.22. The lowest BCUT2D eigenvalue weighted by molar-refractivity contribution is 0.102. The van der Waals surface area contributed by atoms with Gasteiger partial charge in [0.1, 0.15) is 11.4 Å². The van der Waals surface area contributed by atoms with Crippen LogP contribution >= 0.6 is 11.8 Å². The molecule has 0 bridgehead atoms. The maximum absolute atomic E-state index is 12.8. The molecule has 13 heteroatoms. The van der Waals surface area contributed by atoms with Crippen molar-refractivity contribution in [3.8, 4) is 0 Å². The zero-order valence-corrected chi connectivity index (χ0v) is 21.0. The summed E-state index contributed by atoms with van der Waals surface area (Å²) in [6.07, 6.45) is 4.64. The number of benzene rings is 2. The molecule has 3 heterocycles.